The minimum atomic E-state index is 0.947. The molecular formula is C52H34N2. The Balaban J connectivity index is 1.15. The topological polar surface area (TPSA) is 25.8 Å². The van der Waals surface area contributed by atoms with E-state index in [4.69, 9.17) is 9.97 Å². The molecule has 0 fully saturated rings. The van der Waals surface area contributed by atoms with Crippen molar-refractivity contribution < 1.29 is 0 Å². The molecule has 54 heavy (non-hydrogen) atoms. The second-order valence-corrected chi connectivity index (χ2v) is 13.8. The first kappa shape index (κ1) is 31.6. The molecule has 0 atom stereocenters. The third-order valence-corrected chi connectivity index (χ3v) is 10.5. The lowest BCUT2D eigenvalue weighted by molar-refractivity contribution is 1.39. The second kappa shape index (κ2) is 13.4. The number of hydrogen-bond acceptors (Lipinski definition) is 2. The van der Waals surface area contributed by atoms with Crippen LogP contribution in [0.3, 0.4) is 0 Å². The molecule has 2 aromatic heterocycles. The number of pyridine rings is 2. The summed E-state index contributed by atoms with van der Waals surface area (Å²) in [7, 11) is 0. The maximum Gasteiger partial charge on any atom is 0.0794 e. The van der Waals surface area contributed by atoms with Crippen LogP contribution >= 0.6 is 0 Å². The molecule has 0 radical (unpaired) electrons. The molecule has 0 amide bonds. The molecule has 0 aliphatic rings. The highest BCUT2D eigenvalue weighted by atomic mass is 14.7. The molecule has 0 spiro atoms. The van der Waals surface area contributed by atoms with Crippen molar-refractivity contribution in [1.29, 1.82) is 0 Å². The zero-order chi connectivity index (χ0) is 35.8. The van der Waals surface area contributed by atoms with Crippen molar-refractivity contribution in [3.05, 3.63) is 206 Å². The van der Waals surface area contributed by atoms with E-state index >= 15 is 0 Å². The molecule has 0 saturated carbocycles. The third-order valence-electron chi connectivity index (χ3n) is 10.5. The molecule has 252 valence electrons. The van der Waals surface area contributed by atoms with Crippen LogP contribution in [0.2, 0.25) is 0 Å². The monoisotopic (exact) mass is 686 g/mol. The van der Waals surface area contributed by atoms with E-state index in [0.717, 1.165) is 60.8 Å². The Kier molecular flexibility index (Phi) is 7.85. The molecule has 0 unspecified atom stereocenters. The van der Waals surface area contributed by atoms with E-state index < -0.39 is 0 Å². The van der Waals surface area contributed by atoms with Gasteiger partial charge in [0.2, 0.25) is 0 Å². The van der Waals surface area contributed by atoms with Gasteiger partial charge in [-0.25, -0.2) is 9.97 Å². The van der Waals surface area contributed by atoms with Crippen LogP contribution in [0.25, 0.3) is 99.6 Å². The second-order valence-electron chi connectivity index (χ2n) is 13.8. The van der Waals surface area contributed by atoms with E-state index in [0.29, 0.717) is 0 Å². The third kappa shape index (κ3) is 5.81. The number of nitrogens with zero attached hydrogens (tertiary/aromatic N) is 2. The van der Waals surface area contributed by atoms with E-state index in [9.17, 15) is 0 Å². The quantitative estimate of drug-likeness (QED) is 0.163. The summed E-state index contributed by atoms with van der Waals surface area (Å²) >= 11 is 0. The average Bonchev–Trinajstić information content (AvgIpc) is 3.26. The van der Waals surface area contributed by atoms with Gasteiger partial charge in [-0.05, 0) is 74.2 Å². The summed E-state index contributed by atoms with van der Waals surface area (Å²) in [6.07, 6.45) is 0. The molecule has 0 N–H and O–H groups in total. The largest absolute Gasteiger partial charge is 0.248 e. The average molecular weight is 687 g/mol. The van der Waals surface area contributed by atoms with Crippen molar-refractivity contribution in [3.8, 4) is 67.0 Å². The Labute approximate surface area is 314 Å². The van der Waals surface area contributed by atoms with Crippen molar-refractivity contribution in [3.63, 3.8) is 0 Å². The highest BCUT2D eigenvalue weighted by molar-refractivity contribution is 6.16. The molecule has 2 nitrogen and oxygen atoms in total. The van der Waals surface area contributed by atoms with E-state index in [1.54, 1.807) is 0 Å². The minimum Gasteiger partial charge on any atom is -0.248 e. The summed E-state index contributed by atoms with van der Waals surface area (Å²) < 4.78 is 0. The lowest BCUT2D eigenvalue weighted by atomic mass is 9.90. The Morgan fingerprint density at radius 2 is 0.722 bits per heavy atom. The molecule has 0 saturated heterocycles. The van der Waals surface area contributed by atoms with Gasteiger partial charge in [0.15, 0.2) is 0 Å². The van der Waals surface area contributed by atoms with Crippen molar-refractivity contribution >= 4 is 32.6 Å². The first-order chi connectivity index (χ1) is 26.7. The molecule has 8 aromatic carbocycles. The summed E-state index contributed by atoms with van der Waals surface area (Å²) in [5.41, 5.74) is 15.5. The van der Waals surface area contributed by atoms with Crippen LogP contribution in [-0.4, -0.2) is 9.97 Å². The van der Waals surface area contributed by atoms with Crippen molar-refractivity contribution in [2.45, 2.75) is 0 Å². The lowest BCUT2D eigenvalue weighted by Gasteiger charge is -2.16. The number of benzene rings is 8. The van der Waals surface area contributed by atoms with Crippen molar-refractivity contribution in [2.75, 3.05) is 0 Å². The summed E-state index contributed by atoms with van der Waals surface area (Å²) in [6, 6.07) is 73.5. The van der Waals surface area contributed by atoms with Gasteiger partial charge in [0, 0.05) is 27.3 Å². The van der Waals surface area contributed by atoms with Gasteiger partial charge in [-0.3, -0.25) is 0 Å². The fourth-order valence-corrected chi connectivity index (χ4v) is 7.66. The maximum absolute atomic E-state index is 5.43. The van der Waals surface area contributed by atoms with Gasteiger partial charge in [-0.15, -0.1) is 0 Å². The molecule has 2 heterocycles. The molecule has 10 aromatic rings. The van der Waals surface area contributed by atoms with E-state index in [1.165, 1.54) is 38.8 Å². The normalized spacial score (nSPS) is 11.3. The zero-order valence-electron chi connectivity index (χ0n) is 29.5. The van der Waals surface area contributed by atoms with Crippen LogP contribution in [0, 0.1) is 0 Å². The van der Waals surface area contributed by atoms with Crippen LogP contribution in [0.4, 0.5) is 0 Å². The molecule has 0 bridgehead atoms. The van der Waals surface area contributed by atoms with Crippen LogP contribution in [0.1, 0.15) is 0 Å². The van der Waals surface area contributed by atoms with Gasteiger partial charge in [0.25, 0.3) is 0 Å². The highest BCUT2D eigenvalue weighted by Crippen LogP contribution is 2.41. The first-order valence-corrected chi connectivity index (χ1v) is 18.4. The van der Waals surface area contributed by atoms with Crippen LogP contribution in [0.15, 0.2) is 206 Å². The van der Waals surface area contributed by atoms with Crippen LogP contribution < -0.4 is 0 Å². The number of aromatic nitrogens is 2. The first-order valence-electron chi connectivity index (χ1n) is 18.4. The van der Waals surface area contributed by atoms with Gasteiger partial charge in [0.1, 0.15) is 0 Å². The van der Waals surface area contributed by atoms with Gasteiger partial charge >= 0.3 is 0 Å². The maximum atomic E-state index is 5.43. The van der Waals surface area contributed by atoms with Crippen molar-refractivity contribution in [2.24, 2.45) is 0 Å². The SMILES string of the molecule is c1ccc(-c2ccc(-c3cc(-c4ccc(-c5ccc6ccccc6n5)cc4)c4cc(-c5ccc(-c6ccccc6)cc5)c5ccccc5c4n3)cc2)cc1. The zero-order valence-corrected chi connectivity index (χ0v) is 29.5. The number of hydrogen-bond donors (Lipinski definition) is 0. The van der Waals surface area contributed by atoms with E-state index in [1.807, 2.05) is 6.07 Å². The van der Waals surface area contributed by atoms with Crippen molar-refractivity contribution in [1.82, 2.24) is 9.97 Å². The molecule has 10 rings (SSSR count). The lowest BCUT2D eigenvalue weighted by Crippen LogP contribution is -1.94. The van der Waals surface area contributed by atoms with Gasteiger partial charge < -0.3 is 0 Å². The summed E-state index contributed by atoms with van der Waals surface area (Å²) in [5, 5.41) is 4.59. The van der Waals surface area contributed by atoms with E-state index in [-0.39, 0.29) is 0 Å². The van der Waals surface area contributed by atoms with Gasteiger partial charge in [-0.2, -0.15) is 0 Å². The molecule has 2 heteroatoms. The number of rotatable bonds is 6. The Bertz CT molecular complexity index is 2930. The standard InChI is InChI=1S/C52H34N2/c1-3-11-35(12-4-1)37-19-23-39(24-20-37)46-33-48-47(40-25-29-42(30-26-40)50-32-31-41-15-7-10-18-49(41)53-50)34-51(54-52(48)45-17-9-8-16-44(45)46)43-27-21-38(22-28-43)36-13-5-2-6-14-36/h1-34H. The molecule has 0 aliphatic carbocycles. The minimum absolute atomic E-state index is 0.947. The van der Waals surface area contributed by atoms with E-state index in [2.05, 4.69) is 200 Å². The molecular weight excluding hydrogens is 653 g/mol. The summed E-state index contributed by atoms with van der Waals surface area (Å²) in [4.78, 5) is 10.4. The number of fused-ring (bicyclic) bond motifs is 4. The Hall–Kier alpha value is -7.16. The Morgan fingerprint density at radius 1 is 0.259 bits per heavy atom. The fourth-order valence-electron chi connectivity index (χ4n) is 7.66. The predicted octanol–water partition coefficient (Wildman–Crippen LogP) is 13.9. The summed E-state index contributed by atoms with van der Waals surface area (Å²) in [6.45, 7) is 0. The van der Waals surface area contributed by atoms with Gasteiger partial charge in [0.05, 0.1) is 22.4 Å². The van der Waals surface area contributed by atoms with Gasteiger partial charge in [-0.1, -0.05) is 182 Å². The fraction of sp³-hybridized carbons (Fsp3) is 0. The van der Waals surface area contributed by atoms with Crippen LogP contribution in [0.5, 0.6) is 0 Å². The molecule has 0 aliphatic heterocycles. The summed E-state index contributed by atoms with van der Waals surface area (Å²) in [5.74, 6) is 0. The smallest absolute Gasteiger partial charge is 0.0794 e. The highest BCUT2D eigenvalue weighted by Gasteiger charge is 2.17. The predicted molar refractivity (Wildman–Crippen MR) is 227 cm³/mol. The van der Waals surface area contributed by atoms with Crippen LogP contribution in [-0.2, 0) is 0 Å². The Morgan fingerprint density at radius 3 is 1.35 bits per heavy atom. The number of para-hydroxylation sites is 1.